The number of benzene rings is 2. The Bertz CT molecular complexity index is 984. The second-order valence-corrected chi connectivity index (χ2v) is 6.22. The van der Waals surface area contributed by atoms with E-state index >= 15 is 0 Å². The molecule has 0 aliphatic heterocycles. The number of phenolic OH excluding ortho intramolecular Hbond substituents is 1. The third kappa shape index (κ3) is 4.74. The van der Waals surface area contributed by atoms with Crippen molar-refractivity contribution in [3.63, 3.8) is 0 Å². The van der Waals surface area contributed by atoms with Crippen LogP contribution in [-0.2, 0) is 4.79 Å². The number of anilines is 1. The van der Waals surface area contributed by atoms with E-state index < -0.39 is 24.5 Å². The lowest BCUT2D eigenvalue weighted by Gasteiger charge is -2.17. The number of aromatic hydroxyl groups is 1. The molecule has 8 nitrogen and oxygen atoms in total. The van der Waals surface area contributed by atoms with Crippen molar-refractivity contribution < 1.29 is 24.5 Å². The number of carbonyl (C=O) groups is 2. The number of amides is 2. The molecule has 1 aromatic heterocycles. The zero-order chi connectivity index (χ0) is 20.8. The van der Waals surface area contributed by atoms with Gasteiger partial charge in [-0.1, -0.05) is 0 Å². The summed E-state index contributed by atoms with van der Waals surface area (Å²) in [5.41, 5.74) is 1.15. The Morgan fingerprint density at radius 1 is 1.10 bits per heavy atom. The average molecular weight is 395 g/mol. The highest BCUT2D eigenvalue weighted by molar-refractivity contribution is 6.02. The normalized spacial score (nSPS) is 11.5. The zero-order valence-corrected chi connectivity index (χ0v) is 15.7. The van der Waals surface area contributed by atoms with Gasteiger partial charge in [0.25, 0.3) is 5.91 Å². The number of methoxy groups -OCH3 is 1. The maximum Gasteiger partial charge on any atom is 0.255 e. The Labute approximate surface area is 167 Å². The molecule has 3 rings (SSSR count). The Hall–Kier alpha value is -3.78. The number of ether oxygens (including phenoxy) is 1. The Morgan fingerprint density at radius 3 is 2.41 bits per heavy atom. The van der Waals surface area contributed by atoms with Crippen molar-refractivity contribution in [2.24, 2.45) is 0 Å². The van der Waals surface area contributed by atoms with Crippen molar-refractivity contribution in [2.75, 3.05) is 19.0 Å². The number of aliphatic hydroxyl groups is 1. The number of carbonyl (C=O) groups excluding carboxylic acids is 2. The van der Waals surface area contributed by atoms with Gasteiger partial charge in [-0.3, -0.25) is 9.59 Å². The fourth-order valence-corrected chi connectivity index (χ4v) is 2.71. The van der Waals surface area contributed by atoms with Gasteiger partial charge in [0.15, 0.2) is 0 Å². The van der Waals surface area contributed by atoms with Crippen molar-refractivity contribution >= 4 is 17.5 Å². The molecule has 0 saturated carbocycles. The van der Waals surface area contributed by atoms with Gasteiger partial charge in [0.2, 0.25) is 5.91 Å². The molecule has 150 valence electrons. The SMILES string of the molecule is COc1ccc(NC(=O)[C@H](CO)NC(=O)c2cc(-n3cccc3)ccc2O)cc1. The van der Waals surface area contributed by atoms with Crippen molar-refractivity contribution in [1.29, 1.82) is 0 Å². The van der Waals surface area contributed by atoms with Gasteiger partial charge in [0.1, 0.15) is 17.5 Å². The van der Waals surface area contributed by atoms with Crippen LogP contribution in [0.15, 0.2) is 67.0 Å². The third-order valence-corrected chi connectivity index (χ3v) is 4.29. The van der Waals surface area contributed by atoms with Crippen LogP contribution in [0.5, 0.6) is 11.5 Å². The van der Waals surface area contributed by atoms with E-state index in [0.29, 0.717) is 17.1 Å². The lowest BCUT2D eigenvalue weighted by molar-refractivity contribution is -0.118. The van der Waals surface area contributed by atoms with E-state index in [-0.39, 0.29) is 11.3 Å². The maximum absolute atomic E-state index is 12.6. The molecule has 29 heavy (non-hydrogen) atoms. The largest absolute Gasteiger partial charge is 0.507 e. The minimum atomic E-state index is -1.20. The van der Waals surface area contributed by atoms with Crippen LogP contribution >= 0.6 is 0 Å². The van der Waals surface area contributed by atoms with Gasteiger partial charge in [-0.15, -0.1) is 0 Å². The summed E-state index contributed by atoms with van der Waals surface area (Å²) in [6, 6.07) is 13.6. The van der Waals surface area contributed by atoms with Crippen LogP contribution in [-0.4, -0.2) is 46.4 Å². The molecule has 0 aliphatic carbocycles. The van der Waals surface area contributed by atoms with Crippen LogP contribution in [0, 0.1) is 0 Å². The predicted molar refractivity (Wildman–Crippen MR) is 107 cm³/mol. The molecule has 0 fully saturated rings. The van der Waals surface area contributed by atoms with Gasteiger partial charge in [0.05, 0.1) is 19.3 Å². The molecule has 2 amide bonds. The molecule has 1 heterocycles. The van der Waals surface area contributed by atoms with Crippen LogP contribution in [0.3, 0.4) is 0 Å². The minimum Gasteiger partial charge on any atom is -0.507 e. The number of hydrogen-bond acceptors (Lipinski definition) is 5. The highest BCUT2D eigenvalue weighted by Crippen LogP contribution is 2.21. The topological polar surface area (TPSA) is 113 Å². The van der Waals surface area contributed by atoms with Gasteiger partial charge >= 0.3 is 0 Å². The molecule has 0 bridgehead atoms. The van der Waals surface area contributed by atoms with Crippen molar-refractivity contribution in [3.05, 3.63) is 72.6 Å². The van der Waals surface area contributed by atoms with Crippen LogP contribution in [0.2, 0.25) is 0 Å². The summed E-state index contributed by atoms with van der Waals surface area (Å²) < 4.78 is 6.83. The van der Waals surface area contributed by atoms with Crippen molar-refractivity contribution in [3.8, 4) is 17.2 Å². The Kier molecular flexibility index (Phi) is 6.16. The fraction of sp³-hybridized carbons (Fsp3) is 0.143. The van der Waals surface area contributed by atoms with E-state index in [4.69, 9.17) is 4.74 Å². The highest BCUT2D eigenvalue weighted by Gasteiger charge is 2.22. The average Bonchev–Trinajstić information content (AvgIpc) is 3.27. The maximum atomic E-state index is 12.6. The number of rotatable bonds is 7. The van der Waals surface area contributed by atoms with E-state index in [9.17, 15) is 19.8 Å². The summed E-state index contributed by atoms with van der Waals surface area (Å²) in [5.74, 6) is -0.869. The highest BCUT2D eigenvalue weighted by atomic mass is 16.5. The van der Waals surface area contributed by atoms with E-state index in [2.05, 4.69) is 10.6 Å². The summed E-state index contributed by atoms with van der Waals surface area (Å²) in [6.07, 6.45) is 3.60. The molecule has 0 saturated heterocycles. The van der Waals surface area contributed by atoms with Crippen molar-refractivity contribution in [2.45, 2.75) is 6.04 Å². The summed E-state index contributed by atoms with van der Waals surface area (Å²) in [5, 5.41) is 24.7. The summed E-state index contributed by atoms with van der Waals surface area (Å²) in [4.78, 5) is 25.0. The molecule has 4 N–H and O–H groups in total. The predicted octanol–water partition coefficient (Wildman–Crippen LogP) is 1.92. The quantitative estimate of drug-likeness (QED) is 0.488. The molecular formula is C21H21N3O5. The lowest BCUT2D eigenvalue weighted by Crippen LogP contribution is -2.46. The first-order chi connectivity index (χ1) is 14.0. The molecular weight excluding hydrogens is 374 g/mol. The molecule has 8 heteroatoms. The molecule has 0 aliphatic rings. The summed E-state index contributed by atoms with van der Waals surface area (Å²) in [7, 11) is 1.53. The van der Waals surface area contributed by atoms with Crippen LogP contribution in [0.4, 0.5) is 5.69 Å². The summed E-state index contributed by atoms with van der Waals surface area (Å²) in [6.45, 7) is -0.605. The molecule has 0 radical (unpaired) electrons. The number of hydrogen-bond donors (Lipinski definition) is 4. The number of aromatic nitrogens is 1. The molecule has 1 atom stereocenters. The first-order valence-corrected chi connectivity index (χ1v) is 8.85. The monoisotopic (exact) mass is 395 g/mol. The Balaban J connectivity index is 1.72. The first-order valence-electron chi connectivity index (χ1n) is 8.85. The molecule has 2 aromatic carbocycles. The van der Waals surface area contributed by atoms with Crippen molar-refractivity contribution in [1.82, 2.24) is 9.88 Å². The number of nitrogens with one attached hydrogen (secondary N) is 2. The van der Waals surface area contributed by atoms with Gasteiger partial charge in [-0.05, 0) is 54.6 Å². The lowest BCUT2D eigenvalue weighted by atomic mass is 10.1. The number of phenols is 1. The smallest absolute Gasteiger partial charge is 0.255 e. The van der Waals surface area contributed by atoms with E-state index in [1.807, 2.05) is 12.1 Å². The Morgan fingerprint density at radius 2 is 1.79 bits per heavy atom. The number of aliphatic hydroxyl groups excluding tert-OH is 1. The zero-order valence-electron chi connectivity index (χ0n) is 15.7. The van der Waals surface area contributed by atoms with Gasteiger partial charge in [-0.25, -0.2) is 0 Å². The molecule has 0 unspecified atom stereocenters. The van der Waals surface area contributed by atoms with E-state index in [1.54, 1.807) is 47.3 Å². The second-order valence-electron chi connectivity index (χ2n) is 6.22. The van der Waals surface area contributed by atoms with Crippen LogP contribution in [0.25, 0.3) is 5.69 Å². The van der Waals surface area contributed by atoms with Gasteiger partial charge in [-0.2, -0.15) is 0 Å². The van der Waals surface area contributed by atoms with Gasteiger partial charge < -0.3 is 30.2 Å². The van der Waals surface area contributed by atoms with Crippen LogP contribution in [0.1, 0.15) is 10.4 Å². The molecule has 3 aromatic rings. The third-order valence-electron chi connectivity index (χ3n) is 4.29. The van der Waals surface area contributed by atoms with E-state index in [0.717, 1.165) is 0 Å². The molecule has 0 spiro atoms. The van der Waals surface area contributed by atoms with E-state index in [1.165, 1.54) is 19.2 Å². The minimum absolute atomic E-state index is 0.00750. The second kappa shape index (κ2) is 8.94. The number of nitrogens with zero attached hydrogens (tertiary/aromatic N) is 1. The van der Waals surface area contributed by atoms with Gasteiger partial charge in [0, 0.05) is 23.8 Å². The fourth-order valence-electron chi connectivity index (χ4n) is 2.71. The summed E-state index contributed by atoms with van der Waals surface area (Å²) >= 11 is 0. The first kappa shape index (κ1) is 20.0. The van der Waals surface area contributed by atoms with Crippen LogP contribution < -0.4 is 15.4 Å². The standard InChI is InChI=1S/C21H21N3O5/c1-29-16-7-4-14(5-8-16)22-21(28)18(13-25)23-20(27)17-12-15(6-9-19(17)26)24-10-2-3-11-24/h2-12,18,25-26H,13H2,1H3,(H,22,28)(H,23,27)/t18-/m0/s1.